The Bertz CT molecular complexity index is 579. The highest BCUT2D eigenvalue weighted by atomic mass is 16.6. The molecule has 3 heterocycles. The van der Waals surface area contributed by atoms with Crippen molar-refractivity contribution in [2.45, 2.75) is 18.9 Å². The number of hydrogen-bond acceptors (Lipinski definition) is 7. The molecule has 2 N–H and O–H groups in total. The first-order chi connectivity index (χ1) is 10.2. The molecule has 21 heavy (non-hydrogen) atoms. The van der Waals surface area contributed by atoms with Crippen LogP contribution in [0.25, 0.3) is 0 Å². The van der Waals surface area contributed by atoms with E-state index in [0.29, 0.717) is 19.4 Å². The van der Waals surface area contributed by atoms with Crippen LogP contribution in [0.2, 0.25) is 0 Å². The molecule has 112 valence electrons. The number of aliphatic hydroxyl groups excluding tert-OH is 1. The number of ether oxygens (including phenoxy) is 2. The van der Waals surface area contributed by atoms with Gasteiger partial charge in [0.05, 0.1) is 12.7 Å². The largest absolute Gasteiger partial charge is 0.465 e. The van der Waals surface area contributed by atoms with Crippen LogP contribution < -0.4 is 15.0 Å². The van der Waals surface area contributed by atoms with Gasteiger partial charge in [-0.25, -0.2) is 14.8 Å². The standard InChI is InChI=1S/C12H14N4O5/c17-3-1-2-7-5-16(12(19)21-7)8-4-13-11-10(14-8)15-9(18)6-20-11/h4,7,17H,1-3,5-6H2,(H,14,15,18). The molecule has 1 aromatic rings. The lowest BCUT2D eigenvalue weighted by Crippen LogP contribution is -2.29. The van der Waals surface area contributed by atoms with Gasteiger partial charge in [0.25, 0.3) is 11.8 Å². The molecule has 1 atom stereocenters. The van der Waals surface area contributed by atoms with E-state index in [2.05, 4.69) is 15.3 Å². The van der Waals surface area contributed by atoms with E-state index in [-0.39, 0.29) is 42.7 Å². The molecule has 3 rings (SSSR count). The van der Waals surface area contributed by atoms with Crippen molar-refractivity contribution in [3.05, 3.63) is 6.20 Å². The minimum Gasteiger partial charge on any atom is -0.465 e. The first-order valence-electron chi connectivity index (χ1n) is 6.56. The summed E-state index contributed by atoms with van der Waals surface area (Å²) < 4.78 is 10.3. The zero-order valence-corrected chi connectivity index (χ0v) is 11.1. The Labute approximate surface area is 119 Å². The molecule has 0 radical (unpaired) electrons. The highest BCUT2D eigenvalue weighted by Crippen LogP contribution is 2.28. The summed E-state index contributed by atoms with van der Waals surface area (Å²) in [5, 5.41) is 11.3. The Hall–Kier alpha value is -2.42. The lowest BCUT2D eigenvalue weighted by molar-refractivity contribution is -0.118. The molecule has 1 fully saturated rings. The average molecular weight is 294 g/mol. The van der Waals surface area contributed by atoms with Crippen molar-refractivity contribution in [1.82, 2.24) is 9.97 Å². The van der Waals surface area contributed by atoms with E-state index in [1.54, 1.807) is 0 Å². The maximum absolute atomic E-state index is 11.8. The fourth-order valence-corrected chi connectivity index (χ4v) is 2.17. The number of aliphatic hydroxyl groups is 1. The van der Waals surface area contributed by atoms with Crippen LogP contribution >= 0.6 is 0 Å². The summed E-state index contributed by atoms with van der Waals surface area (Å²) in [5.41, 5.74) is 0. The highest BCUT2D eigenvalue weighted by Gasteiger charge is 2.33. The van der Waals surface area contributed by atoms with Crippen molar-refractivity contribution < 1.29 is 24.2 Å². The zero-order chi connectivity index (χ0) is 14.8. The average Bonchev–Trinajstić information content (AvgIpc) is 2.85. The van der Waals surface area contributed by atoms with E-state index in [0.717, 1.165) is 0 Å². The van der Waals surface area contributed by atoms with Gasteiger partial charge in [-0.15, -0.1) is 0 Å². The third kappa shape index (κ3) is 2.72. The molecule has 0 aromatic carbocycles. The van der Waals surface area contributed by atoms with Crippen LogP contribution in [-0.2, 0) is 9.53 Å². The molecule has 1 unspecified atom stereocenters. The molecular weight excluding hydrogens is 280 g/mol. The first kappa shape index (κ1) is 13.6. The number of fused-ring (bicyclic) bond motifs is 1. The highest BCUT2D eigenvalue weighted by molar-refractivity contribution is 5.94. The molecular formula is C12H14N4O5. The molecule has 2 amide bonds. The van der Waals surface area contributed by atoms with Gasteiger partial charge in [-0.05, 0) is 12.8 Å². The lowest BCUT2D eigenvalue weighted by Gasteiger charge is -2.18. The van der Waals surface area contributed by atoms with Crippen molar-refractivity contribution in [2.24, 2.45) is 0 Å². The summed E-state index contributed by atoms with van der Waals surface area (Å²) in [6, 6.07) is 0. The van der Waals surface area contributed by atoms with Crippen molar-refractivity contribution in [2.75, 3.05) is 30.0 Å². The normalized spacial score (nSPS) is 20.6. The number of anilines is 2. The fourth-order valence-electron chi connectivity index (χ4n) is 2.17. The molecule has 9 heteroatoms. The molecule has 0 bridgehead atoms. The number of rotatable bonds is 4. The van der Waals surface area contributed by atoms with Gasteiger partial charge >= 0.3 is 6.09 Å². The second-order valence-corrected chi connectivity index (χ2v) is 4.70. The van der Waals surface area contributed by atoms with Gasteiger partial charge in [0.15, 0.2) is 18.2 Å². The van der Waals surface area contributed by atoms with Crippen LogP contribution in [0.5, 0.6) is 5.88 Å². The van der Waals surface area contributed by atoms with Crippen LogP contribution in [0.15, 0.2) is 6.20 Å². The minimum atomic E-state index is -0.518. The van der Waals surface area contributed by atoms with Crippen LogP contribution in [0.3, 0.4) is 0 Å². The van der Waals surface area contributed by atoms with E-state index in [4.69, 9.17) is 14.6 Å². The predicted octanol–water partition coefficient (Wildman–Crippen LogP) is -0.0948. The second-order valence-electron chi connectivity index (χ2n) is 4.70. The summed E-state index contributed by atoms with van der Waals surface area (Å²) in [6.45, 7) is 0.285. The number of nitrogens with one attached hydrogen (secondary N) is 1. The third-order valence-electron chi connectivity index (χ3n) is 3.16. The summed E-state index contributed by atoms with van der Waals surface area (Å²) in [4.78, 5) is 32.6. The van der Waals surface area contributed by atoms with Gasteiger partial charge in [-0.2, -0.15) is 0 Å². The van der Waals surface area contributed by atoms with Crippen molar-refractivity contribution in [3.8, 4) is 5.88 Å². The quantitative estimate of drug-likeness (QED) is 0.797. The van der Waals surface area contributed by atoms with Crippen LogP contribution in [0, 0.1) is 0 Å². The van der Waals surface area contributed by atoms with Gasteiger partial charge in [-0.3, -0.25) is 9.69 Å². The number of carbonyl (C=O) groups excluding carboxylic acids is 2. The van der Waals surface area contributed by atoms with Crippen molar-refractivity contribution in [1.29, 1.82) is 0 Å². The van der Waals surface area contributed by atoms with Gasteiger partial charge in [-0.1, -0.05) is 0 Å². The predicted molar refractivity (Wildman–Crippen MR) is 70.1 cm³/mol. The van der Waals surface area contributed by atoms with Crippen LogP contribution in [-0.4, -0.2) is 52.9 Å². The number of aromatic nitrogens is 2. The topological polar surface area (TPSA) is 114 Å². The number of amides is 2. The molecule has 2 aliphatic rings. The van der Waals surface area contributed by atoms with E-state index in [1.165, 1.54) is 11.1 Å². The molecule has 2 aliphatic heterocycles. The Kier molecular flexibility index (Phi) is 3.57. The molecule has 1 aromatic heterocycles. The summed E-state index contributed by atoms with van der Waals surface area (Å²) in [6.07, 6.45) is 1.73. The zero-order valence-electron chi connectivity index (χ0n) is 11.1. The summed E-state index contributed by atoms with van der Waals surface area (Å²) in [5.74, 6) is 0.382. The maximum Gasteiger partial charge on any atom is 0.415 e. The van der Waals surface area contributed by atoms with E-state index in [9.17, 15) is 9.59 Å². The molecule has 0 aliphatic carbocycles. The SMILES string of the molecule is O=C1COc2ncc(N3CC(CCCO)OC3=O)nc2N1. The Morgan fingerprint density at radius 1 is 1.48 bits per heavy atom. The van der Waals surface area contributed by atoms with E-state index >= 15 is 0 Å². The van der Waals surface area contributed by atoms with Crippen molar-refractivity contribution in [3.63, 3.8) is 0 Å². The maximum atomic E-state index is 11.8. The molecule has 1 saturated heterocycles. The Morgan fingerprint density at radius 3 is 3.14 bits per heavy atom. The smallest absolute Gasteiger partial charge is 0.415 e. The van der Waals surface area contributed by atoms with Gasteiger partial charge in [0.2, 0.25) is 0 Å². The van der Waals surface area contributed by atoms with Gasteiger partial charge < -0.3 is 19.9 Å². The fraction of sp³-hybridized carbons (Fsp3) is 0.500. The number of hydrogen-bond donors (Lipinski definition) is 2. The Morgan fingerprint density at radius 2 is 2.33 bits per heavy atom. The first-order valence-corrected chi connectivity index (χ1v) is 6.56. The van der Waals surface area contributed by atoms with Crippen LogP contribution in [0.4, 0.5) is 16.4 Å². The number of cyclic esters (lactones) is 1. The third-order valence-corrected chi connectivity index (χ3v) is 3.16. The van der Waals surface area contributed by atoms with Crippen LogP contribution in [0.1, 0.15) is 12.8 Å². The molecule has 0 spiro atoms. The summed E-state index contributed by atoms with van der Waals surface area (Å²) in [7, 11) is 0. The van der Waals surface area contributed by atoms with E-state index in [1.807, 2.05) is 0 Å². The molecule has 9 nitrogen and oxygen atoms in total. The number of carbonyl (C=O) groups is 2. The van der Waals surface area contributed by atoms with Gasteiger partial charge in [0.1, 0.15) is 6.10 Å². The monoisotopic (exact) mass is 294 g/mol. The van der Waals surface area contributed by atoms with Crippen molar-refractivity contribution >= 4 is 23.6 Å². The Balaban J connectivity index is 1.76. The number of nitrogens with zero attached hydrogens (tertiary/aromatic N) is 3. The van der Waals surface area contributed by atoms with Gasteiger partial charge in [0, 0.05) is 6.61 Å². The summed E-state index contributed by atoms with van der Waals surface area (Å²) >= 11 is 0. The van der Waals surface area contributed by atoms with E-state index < -0.39 is 6.09 Å². The second kappa shape index (κ2) is 5.52. The molecule has 0 saturated carbocycles. The lowest BCUT2D eigenvalue weighted by atomic mass is 10.2. The minimum absolute atomic E-state index is 0.0517.